The standard InChI is InChI=1S/C28H34N4O3S/c1-6-31(7-2)25-15-13-24(14-16-25)19-29-30-28(33)20-32(27-10-8-9-22(4)23(27)5)36(34,35)26-17-11-21(3)12-18-26/h8-19H,6-7,20H2,1-5H3,(H,30,33)/b29-19-. The van der Waals surface area contributed by atoms with E-state index in [1.54, 1.807) is 42.6 Å². The van der Waals surface area contributed by atoms with Gasteiger partial charge in [0.15, 0.2) is 0 Å². The Kier molecular flexibility index (Phi) is 8.88. The van der Waals surface area contributed by atoms with E-state index >= 15 is 0 Å². The average Bonchev–Trinajstić information content (AvgIpc) is 2.86. The second-order valence-electron chi connectivity index (χ2n) is 8.60. The highest BCUT2D eigenvalue weighted by Gasteiger charge is 2.28. The molecule has 3 aromatic carbocycles. The summed E-state index contributed by atoms with van der Waals surface area (Å²) in [6.45, 7) is 11.3. The van der Waals surface area contributed by atoms with Crippen molar-refractivity contribution in [1.82, 2.24) is 5.43 Å². The molecule has 0 fully saturated rings. The number of hydrazone groups is 1. The molecule has 3 rings (SSSR count). The normalized spacial score (nSPS) is 11.5. The molecule has 0 aliphatic carbocycles. The fourth-order valence-electron chi connectivity index (χ4n) is 3.85. The molecule has 0 spiro atoms. The van der Waals surface area contributed by atoms with Crippen molar-refractivity contribution in [2.24, 2.45) is 5.10 Å². The second-order valence-corrected chi connectivity index (χ2v) is 10.5. The Morgan fingerprint density at radius 3 is 2.17 bits per heavy atom. The van der Waals surface area contributed by atoms with Crippen LogP contribution in [0.15, 0.2) is 76.7 Å². The molecule has 0 bridgehead atoms. The van der Waals surface area contributed by atoms with Crippen molar-refractivity contribution in [3.63, 3.8) is 0 Å². The lowest BCUT2D eigenvalue weighted by Gasteiger charge is -2.26. The highest BCUT2D eigenvalue weighted by atomic mass is 32.2. The van der Waals surface area contributed by atoms with Gasteiger partial charge in [-0.1, -0.05) is 42.0 Å². The number of benzene rings is 3. The smallest absolute Gasteiger partial charge is 0.264 e. The van der Waals surface area contributed by atoms with Crippen LogP contribution in [0.1, 0.15) is 36.1 Å². The number of hydrogen-bond donors (Lipinski definition) is 1. The maximum atomic E-state index is 13.6. The molecule has 0 aromatic heterocycles. The number of sulfonamides is 1. The van der Waals surface area contributed by atoms with Gasteiger partial charge in [0.1, 0.15) is 6.54 Å². The third-order valence-corrected chi connectivity index (χ3v) is 7.94. The maximum absolute atomic E-state index is 13.6. The third kappa shape index (κ3) is 6.31. The first-order valence-electron chi connectivity index (χ1n) is 12.0. The van der Waals surface area contributed by atoms with E-state index < -0.39 is 22.5 Å². The number of hydrogen-bond acceptors (Lipinski definition) is 5. The summed E-state index contributed by atoms with van der Waals surface area (Å²) in [6.07, 6.45) is 1.54. The van der Waals surface area contributed by atoms with Gasteiger partial charge < -0.3 is 4.90 Å². The fourth-order valence-corrected chi connectivity index (χ4v) is 5.33. The van der Waals surface area contributed by atoms with Crippen LogP contribution in [0.4, 0.5) is 11.4 Å². The molecule has 0 aliphatic heterocycles. The van der Waals surface area contributed by atoms with Gasteiger partial charge in [0.2, 0.25) is 0 Å². The minimum absolute atomic E-state index is 0.124. The highest BCUT2D eigenvalue weighted by Crippen LogP contribution is 2.28. The maximum Gasteiger partial charge on any atom is 0.264 e. The van der Waals surface area contributed by atoms with Crippen LogP contribution in [0.2, 0.25) is 0 Å². The molecule has 36 heavy (non-hydrogen) atoms. The zero-order valence-electron chi connectivity index (χ0n) is 21.5. The molecular formula is C28H34N4O3S. The van der Waals surface area contributed by atoms with Gasteiger partial charge in [-0.2, -0.15) is 5.10 Å². The van der Waals surface area contributed by atoms with Gasteiger partial charge in [0.05, 0.1) is 16.8 Å². The summed E-state index contributed by atoms with van der Waals surface area (Å²) in [7, 11) is -3.98. The van der Waals surface area contributed by atoms with Crippen LogP contribution < -0.4 is 14.6 Å². The van der Waals surface area contributed by atoms with Gasteiger partial charge >= 0.3 is 0 Å². The molecule has 7 nitrogen and oxygen atoms in total. The van der Waals surface area contributed by atoms with Crippen LogP contribution in [0.5, 0.6) is 0 Å². The molecule has 0 atom stereocenters. The van der Waals surface area contributed by atoms with E-state index in [-0.39, 0.29) is 4.90 Å². The predicted molar refractivity (Wildman–Crippen MR) is 147 cm³/mol. The summed E-state index contributed by atoms with van der Waals surface area (Å²) in [6, 6.07) is 19.9. The van der Waals surface area contributed by atoms with Gasteiger partial charge in [-0.25, -0.2) is 13.8 Å². The van der Waals surface area contributed by atoms with Crippen LogP contribution in [0.25, 0.3) is 0 Å². The van der Waals surface area contributed by atoms with Gasteiger partial charge in [0, 0.05) is 18.8 Å². The fraction of sp³-hybridized carbons (Fsp3) is 0.286. The van der Waals surface area contributed by atoms with E-state index in [1.165, 1.54) is 0 Å². The van der Waals surface area contributed by atoms with Crippen molar-refractivity contribution in [3.05, 3.63) is 89.0 Å². The first-order chi connectivity index (χ1) is 17.2. The van der Waals surface area contributed by atoms with Crippen LogP contribution in [0, 0.1) is 20.8 Å². The Hall–Kier alpha value is -3.65. The van der Waals surface area contributed by atoms with E-state index in [1.807, 2.05) is 51.1 Å². The number of carbonyl (C=O) groups excluding carboxylic acids is 1. The zero-order chi connectivity index (χ0) is 26.3. The molecule has 1 amide bonds. The SMILES string of the molecule is CCN(CC)c1ccc(/C=N\NC(=O)CN(c2cccc(C)c2C)S(=O)(=O)c2ccc(C)cc2)cc1. The average molecular weight is 507 g/mol. The van der Waals surface area contributed by atoms with Gasteiger partial charge in [-0.3, -0.25) is 9.10 Å². The Bertz CT molecular complexity index is 1310. The number of nitrogens with one attached hydrogen (secondary N) is 1. The molecule has 190 valence electrons. The first kappa shape index (κ1) is 26.9. The molecule has 0 radical (unpaired) electrons. The van der Waals surface area contributed by atoms with Crippen molar-refractivity contribution >= 4 is 33.5 Å². The third-order valence-electron chi connectivity index (χ3n) is 6.17. The van der Waals surface area contributed by atoms with Gasteiger partial charge in [-0.15, -0.1) is 0 Å². The lowest BCUT2D eigenvalue weighted by molar-refractivity contribution is -0.119. The molecule has 0 heterocycles. The van der Waals surface area contributed by atoms with Crippen LogP contribution in [-0.4, -0.2) is 40.2 Å². The molecule has 1 N–H and O–H groups in total. The largest absolute Gasteiger partial charge is 0.372 e. The van der Waals surface area contributed by atoms with E-state index in [4.69, 9.17) is 0 Å². The Labute approximate surface area is 214 Å². The Morgan fingerprint density at radius 1 is 0.917 bits per heavy atom. The summed E-state index contributed by atoms with van der Waals surface area (Å²) < 4.78 is 28.3. The minimum atomic E-state index is -3.98. The molecule has 0 aliphatic rings. The molecular weight excluding hydrogens is 472 g/mol. The van der Waals surface area contributed by atoms with E-state index in [0.29, 0.717) is 5.69 Å². The Balaban J connectivity index is 1.81. The van der Waals surface area contributed by atoms with Crippen molar-refractivity contribution in [2.75, 3.05) is 28.8 Å². The summed E-state index contributed by atoms with van der Waals surface area (Å²) in [4.78, 5) is 15.2. The summed E-state index contributed by atoms with van der Waals surface area (Å²) in [5.41, 5.74) is 7.54. The summed E-state index contributed by atoms with van der Waals surface area (Å²) in [5, 5.41) is 4.05. The lowest BCUT2D eigenvalue weighted by atomic mass is 10.1. The van der Waals surface area contributed by atoms with Crippen LogP contribution in [0.3, 0.4) is 0 Å². The van der Waals surface area contributed by atoms with Crippen molar-refractivity contribution in [1.29, 1.82) is 0 Å². The van der Waals surface area contributed by atoms with E-state index in [0.717, 1.165) is 45.3 Å². The molecule has 3 aromatic rings. The number of rotatable bonds is 10. The summed E-state index contributed by atoms with van der Waals surface area (Å²) in [5.74, 6) is -0.539. The Morgan fingerprint density at radius 2 is 1.56 bits per heavy atom. The highest BCUT2D eigenvalue weighted by molar-refractivity contribution is 7.92. The van der Waals surface area contributed by atoms with Crippen molar-refractivity contribution < 1.29 is 13.2 Å². The number of aryl methyl sites for hydroxylation is 2. The molecule has 0 saturated carbocycles. The van der Waals surface area contributed by atoms with Gasteiger partial charge in [0.25, 0.3) is 15.9 Å². The first-order valence-corrected chi connectivity index (χ1v) is 13.4. The second kappa shape index (κ2) is 11.9. The van der Waals surface area contributed by atoms with E-state index in [9.17, 15) is 13.2 Å². The number of nitrogens with zero attached hydrogens (tertiary/aromatic N) is 3. The number of carbonyl (C=O) groups is 1. The quantitative estimate of drug-likeness (QED) is 0.316. The number of amides is 1. The summed E-state index contributed by atoms with van der Waals surface area (Å²) >= 11 is 0. The predicted octanol–water partition coefficient (Wildman–Crippen LogP) is 4.80. The molecule has 0 unspecified atom stereocenters. The molecule has 0 saturated heterocycles. The van der Waals surface area contributed by atoms with E-state index in [2.05, 4.69) is 29.3 Å². The lowest BCUT2D eigenvalue weighted by Crippen LogP contribution is -2.40. The minimum Gasteiger partial charge on any atom is -0.372 e. The van der Waals surface area contributed by atoms with Crippen molar-refractivity contribution in [2.45, 2.75) is 39.5 Å². The zero-order valence-corrected chi connectivity index (χ0v) is 22.3. The van der Waals surface area contributed by atoms with Crippen LogP contribution >= 0.6 is 0 Å². The van der Waals surface area contributed by atoms with Crippen LogP contribution in [-0.2, 0) is 14.8 Å². The monoisotopic (exact) mass is 506 g/mol. The molecule has 8 heteroatoms. The van der Waals surface area contributed by atoms with Gasteiger partial charge in [-0.05, 0) is 81.6 Å². The topological polar surface area (TPSA) is 82.1 Å². The number of anilines is 2. The van der Waals surface area contributed by atoms with Crippen molar-refractivity contribution in [3.8, 4) is 0 Å².